The van der Waals surface area contributed by atoms with Gasteiger partial charge in [0.25, 0.3) is 0 Å². The lowest BCUT2D eigenvalue weighted by molar-refractivity contribution is -0.161. The smallest absolute Gasteiger partial charge is 0.472 e. The Hall–Kier alpha value is -3.34. The van der Waals surface area contributed by atoms with Crippen LogP contribution in [-0.2, 0) is 37.5 Å². The zero-order valence-corrected chi connectivity index (χ0v) is 36.5. The van der Waals surface area contributed by atoms with Gasteiger partial charge in [-0.15, -0.1) is 0 Å². The fourth-order valence-corrected chi connectivity index (χ4v) is 6.04. The van der Waals surface area contributed by atoms with Crippen LogP contribution in [0, 0.1) is 0 Å². The summed E-state index contributed by atoms with van der Waals surface area (Å²) in [5.74, 6) is -2.50. The van der Waals surface area contributed by atoms with Crippen LogP contribution < -0.4 is 5.73 Å². The number of aliphatic carboxylic acids is 1. The molecule has 3 atom stereocenters. The molecule has 0 aliphatic carbocycles. The number of esters is 2. The maximum atomic E-state index is 12.6. The van der Waals surface area contributed by atoms with Crippen molar-refractivity contribution in [3.63, 3.8) is 0 Å². The van der Waals surface area contributed by atoms with Crippen LogP contribution in [0.15, 0.2) is 85.1 Å². The van der Waals surface area contributed by atoms with Gasteiger partial charge in [-0.25, -0.2) is 4.57 Å². The number of carboxylic acids is 1. The molecule has 0 amide bonds. The van der Waals surface area contributed by atoms with E-state index in [9.17, 15) is 23.8 Å². The first-order valence-corrected chi connectivity index (χ1v) is 23.1. The van der Waals surface area contributed by atoms with E-state index >= 15 is 0 Å². The second-order valence-corrected chi connectivity index (χ2v) is 15.5. The minimum absolute atomic E-state index is 0.0309. The number of allylic oxidation sites excluding steroid dienone is 14. The van der Waals surface area contributed by atoms with Crippen molar-refractivity contribution < 1.29 is 47.5 Å². The molecule has 0 heterocycles. The van der Waals surface area contributed by atoms with Gasteiger partial charge >= 0.3 is 25.7 Å². The van der Waals surface area contributed by atoms with Gasteiger partial charge in [0.1, 0.15) is 12.6 Å². The Morgan fingerprint density at radius 2 is 1.00 bits per heavy atom. The fraction of sp³-hybridized carbons (Fsp3) is 0.630. The first kappa shape index (κ1) is 54.7. The summed E-state index contributed by atoms with van der Waals surface area (Å²) in [4.78, 5) is 45.9. The highest BCUT2D eigenvalue weighted by Crippen LogP contribution is 2.43. The van der Waals surface area contributed by atoms with E-state index in [1.807, 2.05) is 18.2 Å². The molecule has 0 radical (unpaired) electrons. The Bertz CT molecular complexity index is 1300. The second-order valence-electron chi connectivity index (χ2n) is 14.1. The highest BCUT2D eigenvalue weighted by molar-refractivity contribution is 7.47. The zero-order valence-electron chi connectivity index (χ0n) is 35.6. The van der Waals surface area contributed by atoms with Crippen molar-refractivity contribution in [3.05, 3.63) is 85.1 Å². The second kappa shape index (κ2) is 40.4. The highest BCUT2D eigenvalue weighted by atomic mass is 31.2. The molecule has 0 aliphatic heterocycles. The number of phosphoric ester groups is 1. The monoisotopic (exact) mass is 834 g/mol. The standard InChI is InChI=1S/C46H76NO10P/c1-3-5-7-9-11-13-15-17-19-20-21-22-24-26-28-30-32-34-36-38-45(49)57-42(40-55-58(52,53)56-41-43(47)46(50)51)39-54-44(48)37-35-33-31-29-27-25-23-18-16-14-12-10-8-6-4-2/h5,7,11,13-14,16-17,19,21-22,26,28,32,34,42-43H,3-4,6,8-10,12,15,18,20,23-25,27,29-31,33,35-41,47H2,1-2H3,(H,50,51)(H,52,53)/b7-5-,13-11-,16-14-,19-17-,22-21-,28-26-,34-32-/t42-,43+/m1/s1. The first-order chi connectivity index (χ1) is 28.1. The fourth-order valence-electron chi connectivity index (χ4n) is 5.26. The molecule has 1 unspecified atom stereocenters. The number of carbonyl (C=O) groups excluding carboxylic acids is 2. The quantitative estimate of drug-likeness (QED) is 0.0233. The number of carboxylic acid groups (broad SMARTS) is 1. The van der Waals surface area contributed by atoms with Crippen molar-refractivity contribution in [3.8, 4) is 0 Å². The van der Waals surface area contributed by atoms with Crippen LogP contribution in [-0.4, -0.2) is 59.9 Å². The minimum Gasteiger partial charge on any atom is -0.480 e. The van der Waals surface area contributed by atoms with Crippen LogP contribution in [0.1, 0.15) is 155 Å². The van der Waals surface area contributed by atoms with E-state index < -0.39 is 51.1 Å². The predicted molar refractivity (Wildman–Crippen MR) is 235 cm³/mol. The minimum atomic E-state index is -4.74. The zero-order chi connectivity index (χ0) is 42.8. The molecule has 330 valence electrons. The number of carbonyl (C=O) groups is 3. The maximum Gasteiger partial charge on any atom is 0.472 e. The van der Waals surface area contributed by atoms with Gasteiger partial charge in [-0.1, -0.05) is 150 Å². The van der Waals surface area contributed by atoms with Gasteiger partial charge in [0.2, 0.25) is 0 Å². The molecule has 0 rings (SSSR count). The van der Waals surface area contributed by atoms with Crippen molar-refractivity contribution in [1.29, 1.82) is 0 Å². The van der Waals surface area contributed by atoms with E-state index in [-0.39, 0.29) is 19.4 Å². The molecule has 0 aromatic rings. The van der Waals surface area contributed by atoms with Gasteiger partial charge in [-0.3, -0.25) is 23.4 Å². The molecule has 0 aromatic carbocycles. The normalized spacial score (nSPS) is 14.6. The Morgan fingerprint density at radius 3 is 1.52 bits per heavy atom. The number of rotatable bonds is 39. The van der Waals surface area contributed by atoms with Crippen LogP contribution in [0.3, 0.4) is 0 Å². The third kappa shape index (κ3) is 39.5. The molecule has 0 aromatic heterocycles. The van der Waals surface area contributed by atoms with Crippen molar-refractivity contribution in [1.82, 2.24) is 0 Å². The summed E-state index contributed by atoms with van der Waals surface area (Å²) in [7, 11) is -4.74. The van der Waals surface area contributed by atoms with E-state index in [0.29, 0.717) is 19.3 Å². The van der Waals surface area contributed by atoms with Gasteiger partial charge in [0, 0.05) is 12.8 Å². The summed E-state index contributed by atoms with van der Waals surface area (Å²) < 4.78 is 32.6. The molecule has 58 heavy (non-hydrogen) atoms. The van der Waals surface area contributed by atoms with Crippen molar-refractivity contribution >= 4 is 25.7 Å². The third-order valence-corrected chi connectivity index (χ3v) is 9.59. The number of nitrogens with two attached hydrogens (primary N) is 1. The lowest BCUT2D eigenvalue weighted by atomic mass is 10.1. The summed E-state index contributed by atoms with van der Waals surface area (Å²) in [6, 6.07) is -1.54. The van der Waals surface area contributed by atoms with E-state index in [2.05, 4.69) is 85.2 Å². The van der Waals surface area contributed by atoms with E-state index in [0.717, 1.165) is 57.8 Å². The Balaban J connectivity index is 4.52. The number of hydrogen-bond donors (Lipinski definition) is 3. The molecular weight excluding hydrogens is 757 g/mol. The average Bonchev–Trinajstić information content (AvgIpc) is 3.20. The molecule has 0 saturated carbocycles. The number of hydrogen-bond acceptors (Lipinski definition) is 9. The summed E-state index contributed by atoms with van der Waals surface area (Å²) in [5.41, 5.74) is 5.33. The van der Waals surface area contributed by atoms with Gasteiger partial charge in [-0.2, -0.15) is 0 Å². The van der Waals surface area contributed by atoms with Crippen LogP contribution >= 0.6 is 7.82 Å². The molecule has 0 aliphatic rings. The third-order valence-electron chi connectivity index (χ3n) is 8.64. The maximum absolute atomic E-state index is 12.6. The predicted octanol–water partition coefficient (Wildman–Crippen LogP) is 11.5. The summed E-state index contributed by atoms with van der Waals surface area (Å²) in [6.07, 6.45) is 49.5. The largest absolute Gasteiger partial charge is 0.480 e. The van der Waals surface area contributed by atoms with Gasteiger partial charge in [0.15, 0.2) is 6.10 Å². The van der Waals surface area contributed by atoms with Crippen molar-refractivity contribution in [2.24, 2.45) is 5.73 Å². The molecular formula is C46H76NO10P. The first-order valence-electron chi connectivity index (χ1n) is 21.6. The van der Waals surface area contributed by atoms with Crippen LogP contribution in [0.2, 0.25) is 0 Å². The van der Waals surface area contributed by atoms with E-state index in [1.54, 1.807) is 0 Å². The highest BCUT2D eigenvalue weighted by Gasteiger charge is 2.28. The summed E-state index contributed by atoms with van der Waals surface area (Å²) in [6.45, 7) is 2.58. The van der Waals surface area contributed by atoms with Crippen LogP contribution in [0.25, 0.3) is 0 Å². The molecule has 0 saturated heterocycles. The molecule has 11 nitrogen and oxygen atoms in total. The number of phosphoric acid groups is 1. The van der Waals surface area contributed by atoms with E-state index in [4.69, 9.17) is 24.8 Å². The molecule has 0 bridgehead atoms. The SMILES string of the molecule is CC/C=C\C/C=C\C/C=C\C/C=C\C/C=C\C/C=C\CCC(=O)O[C@H](COC(=O)CCCCCCCCC/C=C\CCCCCC)COP(=O)(O)OC[C@H](N)C(=O)O. The van der Waals surface area contributed by atoms with Crippen LogP contribution in [0.4, 0.5) is 0 Å². The molecule has 0 spiro atoms. The lowest BCUT2D eigenvalue weighted by Gasteiger charge is -2.20. The van der Waals surface area contributed by atoms with E-state index in [1.165, 1.54) is 51.4 Å². The number of unbranched alkanes of at least 4 members (excludes halogenated alkanes) is 11. The van der Waals surface area contributed by atoms with Gasteiger partial charge in [0.05, 0.1) is 13.2 Å². The van der Waals surface area contributed by atoms with Crippen molar-refractivity contribution in [2.75, 3.05) is 19.8 Å². The van der Waals surface area contributed by atoms with Gasteiger partial charge < -0.3 is 25.2 Å². The van der Waals surface area contributed by atoms with Crippen LogP contribution in [0.5, 0.6) is 0 Å². The Kier molecular flexibility index (Phi) is 38.1. The Labute approximate surface area is 350 Å². The lowest BCUT2D eigenvalue weighted by Crippen LogP contribution is -2.34. The molecule has 4 N–H and O–H groups in total. The average molecular weight is 834 g/mol. The summed E-state index contributed by atoms with van der Waals surface area (Å²) in [5, 5.41) is 8.89. The number of ether oxygens (including phenoxy) is 2. The molecule has 12 heteroatoms. The molecule has 0 fully saturated rings. The van der Waals surface area contributed by atoms with Crippen molar-refractivity contribution in [2.45, 2.75) is 167 Å². The topological polar surface area (TPSA) is 172 Å². The van der Waals surface area contributed by atoms with Gasteiger partial charge in [-0.05, 0) is 77.0 Å². The summed E-state index contributed by atoms with van der Waals surface area (Å²) >= 11 is 0. The Morgan fingerprint density at radius 1 is 0.552 bits per heavy atom.